The van der Waals surface area contributed by atoms with E-state index in [4.69, 9.17) is 4.74 Å². The zero-order chi connectivity index (χ0) is 14.7. The molecule has 2 rings (SSSR count). The van der Waals surface area contributed by atoms with Gasteiger partial charge in [-0.15, -0.1) is 10.2 Å². The molecule has 0 amide bonds. The van der Waals surface area contributed by atoms with Crippen molar-refractivity contribution in [1.82, 2.24) is 14.6 Å². The molecule has 0 aromatic carbocycles. The molecular formula is C14H18BrN3O2. The Kier molecular flexibility index (Phi) is 4.75. The summed E-state index contributed by atoms with van der Waals surface area (Å²) in [5.74, 6) is 0.368. The van der Waals surface area contributed by atoms with Gasteiger partial charge < -0.3 is 4.74 Å². The zero-order valence-electron chi connectivity index (χ0n) is 11.8. The van der Waals surface area contributed by atoms with E-state index in [-0.39, 0.29) is 11.9 Å². The van der Waals surface area contributed by atoms with Gasteiger partial charge in [0.15, 0.2) is 11.5 Å². The van der Waals surface area contributed by atoms with Crippen LogP contribution in [0.3, 0.4) is 0 Å². The Morgan fingerprint density at radius 1 is 1.40 bits per heavy atom. The van der Waals surface area contributed by atoms with Gasteiger partial charge in [0, 0.05) is 10.7 Å². The Morgan fingerprint density at radius 2 is 2.15 bits per heavy atom. The second-order valence-electron chi connectivity index (χ2n) is 5.07. The largest absolute Gasteiger partial charge is 0.465 e. The first kappa shape index (κ1) is 15.0. The summed E-state index contributed by atoms with van der Waals surface area (Å²) in [6.07, 6.45) is 2.56. The maximum atomic E-state index is 12.2. The predicted molar refractivity (Wildman–Crippen MR) is 79.5 cm³/mol. The van der Waals surface area contributed by atoms with Crippen LogP contribution in [-0.4, -0.2) is 27.2 Å². The van der Waals surface area contributed by atoms with Crippen LogP contribution in [-0.2, 0) is 9.53 Å². The number of hydrogen-bond donors (Lipinski definition) is 0. The number of rotatable bonds is 5. The lowest BCUT2D eigenvalue weighted by Gasteiger charge is -2.16. The molecule has 0 bridgehead atoms. The van der Waals surface area contributed by atoms with Crippen LogP contribution in [0.5, 0.6) is 0 Å². The third-order valence-electron chi connectivity index (χ3n) is 2.98. The highest BCUT2D eigenvalue weighted by molar-refractivity contribution is 9.10. The highest BCUT2D eigenvalue weighted by atomic mass is 79.9. The SMILES string of the molecule is CCOC(=O)C(CC(C)C)c1nnc2ccc(Br)cn12. The van der Waals surface area contributed by atoms with Crippen molar-refractivity contribution < 1.29 is 9.53 Å². The summed E-state index contributed by atoms with van der Waals surface area (Å²) < 4.78 is 7.93. The summed E-state index contributed by atoms with van der Waals surface area (Å²) in [7, 11) is 0. The number of aromatic nitrogens is 3. The van der Waals surface area contributed by atoms with Gasteiger partial charge >= 0.3 is 5.97 Å². The number of nitrogens with zero attached hydrogens (tertiary/aromatic N) is 3. The minimum absolute atomic E-state index is 0.240. The summed E-state index contributed by atoms with van der Waals surface area (Å²) in [5, 5.41) is 8.30. The molecule has 0 saturated heterocycles. The van der Waals surface area contributed by atoms with Gasteiger partial charge in [-0.25, -0.2) is 0 Å². The van der Waals surface area contributed by atoms with Gasteiger partial charge in [0.2, 0.25) is 0 Å². The molecule has 0 spiro atoms. The van der Waals surface area contributed by atoms with Crippen molar-refractivity contribution in [3.05, 3.63) is 28.6 Å². The number of carbonyl (C=O) groups excluding carboxylic acids is 1. The van der Waals surface area contributed by atoms with Crippen LogP contribution in [0.25, 0.3) is 5.65 Å². The number of ether oxygens (including phenoxy) is 1. The van der Waals surface area contributed by atoms with Crippen LogP contribution in [0.4, 0.5) is 0 Å². The van der Waals surface area contributed by atoms with Crippen molar-refractivity contribution in [3.8, 4) is 0 Å². The molecule has 5 nitrogen and oxygen atoms in total. The summed E-state index contributed by atoms with van der Waals surface area (Å²) in [6, 6.07) is 3.76. The molecule has 0 N–H and O–H groups in total. The monoisotopic (exact) mass is 339 g/mol. The first-order chi connectivity index (χ1) is 9.52. The van der Waals surface area contributed by atoms with Crippen LogP contribution in [0.1, 0.15) is 38.9 Å². The molecule has 0 fully saturated rings. The van der Waals surface area contributed by atoms with Gasteiger partial charge in [0.05, 0.1) is 6.61 Å². The Bertz CT molecular complexity index is 609. The van der Waals surface area contributed by atoms with Gasteiger partial charge in [-0.1, -0.05) is 13.8 Å². The van der Waals surface area contributed by atoms with E-state index in [0.717, 1.165) is 10.1 Å². The van der Waals surface area contributed by atoms with Gasteiger partial charge in [0.1, 0.15) is 5.92 Å². The molecule has 6 heteroatoms. The van der Waals surface area contributed by atoms with Crippen molar-refractivity contribution in [1.29, 1.82) is 0 Å². The maximum absolute atomic E-state index is 12.2. The van der Waals surface area contributed by atoms with E-state index < -0.39 is 0 Å². The molecule has 2 aromatic rings. The van der Waals surface area contributed by atoms with E-state index in [1.807, 2.05) is 29.7 Å². The fourth-order valence-electron chi connectivity index (χ4n) is 2.14. The predicted octanol–water partition coefficient (Wildman–Crippen LogP) is 3.18. The lowest BCUT2D eigenvalue weighted by atomic mass is 9.96. The Labute approximate surface area is 126 Å². The number of carbonyl (C=O) groups is 1. The summed E-state index contributed by atoms with van der Waals surface area (Å²) in [6.45, 7) is 6.33. The Hall–Kier alpha value is -1.43. The van der Waals surface area contributed by atoms with Crippen LogP contribution >= 0.6 is 15.9 Å². The van der Waals surface area contributed by atoms with E-state index >= 15 is 0 Å². The molecule has 0 aliphatic carbocycles. The van der Waals surface area contributed by atoms with E-state index in [1.165, 1.54) is 0 Å². The van der Waals surface area contributed by atoms with Crippen LogP contribution in [0.15, 0.2) is 22.8 Å². The highest BCUT2D eigenvalue weighted by Crippen LogP contribution is 2.25. The Morgan fingerprint density at radius 3 is 2.80 bits per heavy atom. The smallest absolute Gasteiger partial charge is 0.316 e. The third kappa shape index (κ3) is 3.17. The normalized spacial score (nSPS) is 12.8. The maximum Gasteiger partial charge on any atom is 0.316 e. The quantitative estimate of drug-likeness (QED) is 0.785. The van der Waals surface area contributed by atoms with Gasteiger partial charge in [-0.2, -0.15) is 0 Å². The van der Waals surface area contributed by atoms with Crippen LogP contribution < -0.4 is 0 Å². The van der Waals surface area contributed by atoms with Gasteiger partial charge in [0.25, 0.3) is 0 Å². The van der Waals surface area contributed by atoms with E-state index in [2.05, 4.69) is 40.0 Å². The van der Waals surface area contributed by atoms with Gasteiger partial charge in [-0.3, -0.25) is 9.20 Å². The third-order valence-corrected chi connectivity index (χ3v) is 3.45. The number of hydrogen-bond acceptors (Lipinski definition) is 4. The zero-order valence-corrected chi connectivity index (χ0v) is 13.4. The van der Waals surface area contributed by atoms with Crippen LogP contribution in [0, 0.1) is 5.92 Å². The van der Waals surface area contributed by atoms with Crippen molar-refractivity contribution in [2.24, 2.45) is 5.92 Å². The number of fused-ring (bicyclic) bond motifs is 1. The first-order valence-corrected chi connectivity index (χ1v) is 7.49. The molecular weight excluding hydrogens is 322 g/mol. The highest BCUT2D eigenvalue weighted by Gasteiger charge is 2.28. The lowest BCUT2D eigenvalue weighted by Crippen LogP contribution is -2.20. The number of esters is 1. The molecule has 108 valence electrons. The van der Waals surface area contributed by atoms with Crippen molar-refractivity contribution in [3.63, 3.8) is 0 Å². The van der Waals surface area contributed by atoms with E-state index in [0.29, 0.717) is 24.8 Å². The molecule has 0 aliphatic heterocycles. The molecule has 0 radical (unpaired) electrons. The number of pyridine rings is 1. The van der Waals surface area contributed by atoms with E-state index in [9.17, 15) is 4.79 Å². The average molecular weight is 340 g/mol. The summed E-state index contributed by atoms with van der Waals surface area (Å²) in [5.41, 5.74) is 0.723. The summed E-state index contributed by atoms with van der Waals surface area (Å²) >= 11 is 3.43. The topological polar surface area (TPSA) is 56.5 Å². The van der Waals surface area contributed by atoms with Crippen LogP contribution in [0.2, 0.25) is 0 Å². The van der Waals surface area contributed by atoms with E-state index in [1.54, 1.807) is 0 Å². The van der Waals surface area contributed by atoms with Crippen molar-refractivity contribution in [2.75, 3.05) is 6.61 Å². The molecule has 0 saturated carbocycles. The molecule has 2 aromatic heterocycles. The minimum atomic E-state index is -0.390. The average Bonchev–Trinajstić information content (AvgIpc) is 2.78. The Balaban J connectivity index is 2.44. The first-order valence-electron chi connectivity index (χ1n) is 6.69. The fourth-order valence-corrected chi connectivity index (χ4v) is 2.48. The van der Waals surface area contributed by atoms with Crippen molar-refractivity contribution >= 4 is 27.5 Å². The fraction of sp³-hybridized carbons (Fsp3) is 0.500. The molecule has 20 heavy (non-hydrogen) atoms. The summed E-state index contributed by atoms with van der Waals surface area (Å²) in [4.78, 5) is 12.2. The number of halogens is 1. The lowest BCUT2D eigenvalue weighted by molar-refractivity contribution is -0.145. The second-order valence-corrected chi connectivity index (χ2v) is 5.98. The standard InChI is InChI=1S/C14H18BrN3O2/c1-4-20-14(19)11(7-9(2)3)13-17-16-12-6-5-10(15)8-18(12)13/h5-6,8-9,11H,4,7H2,1-3H3. The minimum Gasteiger partial charge on any atom is -0.465 e. The second kappa shape index (κ2) is 6.35. The van der Waals surface area contributed by atoms with Gasteiger partial charge in [-0.05, 0) is 47.3 Å². The molecule has 2 heterocycles. The molecule has 0 aliphatic rings. The molecule has 1 unspecified atom stereocenters. The van der Waals surface area contributed by atoms with Crippen molar-refractivity contribution in [2.45, 2.75) is 33.1 Å². The molecule has 1 atom stereocenters.